The second-order valence-corrected chi connectivity index (χ2v) is 4.55. The summed E-state index contributed by atoms with van der Waals surface area (Å²) in [6.45, 7) is 2.88. The Labute approximate surface area is 110 Å². The first kappa shape index (κ1) is 11.3. The van der Waals surface area contributed by atoms with Crippen LogP contribution in [-0.4, -0.2) is 19.7 Å². The molecule has 0 radical (unpaired) electrons. The van der Waals surface area contributed by atoms with Gasteiger partial charge in [-0.05, 0) is 24.6 Å². The molecule has 1 N–H and O–H groups in total. The van der Waals surface area contributed by atoms with Crippen LogP contribution in [0.15, 0.2) is 30.7 Å². The smallest absolute Gasteiger partial charge is 0.137 e. The average Bonchev–Trinajstić information content (AvgIpc) is 2.96. The highest BCUT2D eigenvalue weighted by Crippen LogP contribution is 2.23. The molecule has 18 heavy (non-hydrogen) atoms. The van der Waals surface area contributed by atoms with Crippen molar-refractivity contribution in [2.75, 3.05) is 0 Å². The molecule has 5 heteroatoms. The van der Waals surface area contributed by atoms with Crippen molar-refractivity contribution in [1.82, 2.24) is 19.7 Å². The lowest BCUT2D eigenvalue weighted by molar-refractivity contribution is 0.630. The predicted molar refractivity (Wildman–Crippen MR) is 71.8 cm³/mol. The first-order chi connectivity index (χ1) is 8.79. The first-order valence-electron chi connectivity index (χ1n) is 5.90. The van der Waals surface area contributed by atoms with E-state index in [-0.39, 0.29) is 0 Å². The Morgan fingerprint density at radius 1 is 1.44 bits per heavy atom. The maximum Gasteiger partial charge on any atom is 0.137 e. The second kappa shape index (κ2) is 4.46. The number of aromatic nitrogens is 4. The highest BCUT2D eigenvalue weighted by atomic mass is 35.5. The van der Waals surface area contributed by atoms with Gasteiger partial charge in [0.25, 0.3) is 0 Å². The lowest BCUT2D eigenvalue weighted by Crippen LogP contribution is -2.03. The Morgan fingerprint density at radius 2 is 2.33 bits per heavy atom. The fraction of sp³-hybridized carbons (Fsp3) is 0.231. The fourth-order valence-electron chi connectivity index (χ4n) is 2.18. The third-order valence-electron chi connectivity index (χ3n) is 3.09. The number of H-pyrrole nitrogens is 1. The van der Waals surface area contributed by atoms with E-state index in [0.717, 1.165) is 34.7 Å². The molecule has 0 atom stereocenters. The maximum absolute atomic E-state index is 6.18. The van der Waals surface area contributed by atoms with Gasteiger partial charge in [-0.25, -0.2) is 4.98 Å². The number of aromatic amines is 1. The molecule has 3 aromatic rings. The van der Waals surface area contributed by atoms with E-state index in [1.165, 1.54) is 5.56 Å². The topological polar surface area (TPSA) is 46.5 Å². The van der Waals surface area contributed by atoms with Crippen LogP contribution in [0.2, 0.25) is 5.02 Å². The van der Waals surface area contributed by atoms with Gasteiger partial charge in [0.05, 0.1) is 16.9 Å². The molecule has 0 amide bonds. The number of hydrogen-bond donors (Lipinski definition) is 1. The van der Waals surface area contributed by atoms with Gasteiger partial charge in [-0.15, -0.1) is 0 Å². The van der Waals surface area contributed by atoms with Gasteiger partial charge >= 0.3 is 0 Å². The molecule has 0 spiro atoms. The largest absolute Gasteiger partial charge is 0.346 e. The lowest BCUT2D eigenvalue weighted by atomic mass is 10.1. The number of aryl methyl sites for hydroxylation is 1. The zero-order valence-electron chi connectivity index (χ0n) is 10.0. The van der Waals surface area contributed by atoms with Crippen LogP contribution in [0.5, 0.6) is 0 Å². The van der Waals surface area contributed by atoms with Crippen molar-refractivity contribution in [3.63, 3.8) is 0 Å². The van der Waals surface area contributed by atoms with E-state index in [0.29, 0.717) is 0 Å². The van der Waals surface area contributed by atoms with Crippen molar-refractivity contribution < 1.29 is 0 Å². The zero-order chi connectivity index (χ0) is 12.5. The normalized spacial score (nSPS) is 11.2. The van der Waals surface area contributed by atoms with E-state index in [4.69, 9.17) is 11.6 Å². The molecule has 3 heterocycles. The molecule has 3 rings (SSSR count). The van der Waals surface area contributed by atoms with Crippen LogP contribution < -0.4 is 0 Å². The average molecular weight is 261 g/mol. The van der Waals surface area contributed by atoms with Gasteiger partial charge in [-0.2, -0.15) is 5.10 Å². The predicted octanol–water partition coefficient (Wildman–Crippen LogP) is 3.02. The summed E-state index contributed by atoms with van der Waals surface area (Å²) in [5.74, 6) is 0. The number of halogens is 1. The van der Waals surface area contributed by atoms with E-state index in [1.54, 1.807) is 12.4 Å². The standard InChI is InChI=1S/C13H13ClN4/c1-2-18-12(11(14)8-17-18)6-9-7-16-13-10(9)4-3-5-15-13/h3-5,7-8H,2,6H2,1H3,(H,15,16). The van der Waals surface area contributed by atoms with Crippen molar-refractivity contribution >= 4 is 22.6 Å². The third-order valence-corrected chi connectivity index (χ3v) is 3.41. The highest BCUT2D eigenvalue weighted by Gasteiger charge is 2.11. The molecule has 0 unspecified atom stereocenters. The molecule has 0 aliphatic heterocycles. The Morgan fingerprint density at radius 3 is 3.17 bits per heavy atom. The fourth-order valence-corrected chi connectivity index (χ4v) is 2.38. The molecule has 0 fully saturated rings. The van der Waals surface area contributed by atoms with Crippen LogP contribution in [0, 0.1) is 0 Å². The van der Waals surface area contributed by atoms with Crippen LogP contribution in [0.4, 0.5) is 0 Å². The number of rotatable bonds is 3. The molecule has 3 aromatic heterocycles. The van der Waals surface area contributed by atoms with Gasteiger partial charge in [0.1, 0.15) is 5.65 Å². The van der Waals surface area contributed by atoms with Crippen molar-refractivity contribution in [2.45, 2.75) is 19.9 Å². The van der Waals surface area contributed by atoms with Gasteiger partial charge in [0.15, 0.2) is 0 Å². The van der Waals surface area contributed by atoms with Gasteiger partial charge in [0.2, 0.25) is 0 Å². The molecule has 0 aromatic carbocycles. The van der Waals surface area contributed by atoms with Gasteiger partial charge < -0.3 is 4.98 Å². The Hall–Kier alpha value is -1.81. The molecule has 0 aliphatic rings. The molecular weight excluding hydrogens is 248 g/mol. The molecule has 0 saturated carbocycles. The van der Waals surface area contributed by atoms with Crippen molar-refractivity contribution in [2.24, 2.45) is 0 Å². The summed E-state index contributed by atoms with van der Waals surface area (Å²) >= 11 is 6.18. The van der Waals surface area contributed by atoms with Crippen molar-refractivity contribution in [1.29, 1.82) is 0 Å². The highest BCUT2D eigenvalue weighted by molar-refractivity contribution is 6.31. The van der Waals surface area contributed by atoms with Gasteiger partial charge in [-0.1, -0.05) is 11.6 Å². The van der Waals surface area contributed by atoms with Crippen molar-refractivity contribution in [3.8, 4) is 0 Å². The Kier molecular flexibility index (Phi) is 2.80. The summed E-state index contributed by atoms with van der Waals surface area (Å²) in [5.41, 5.74) is 3.14. The van der Waals surface area contributed by atoms with Crippen molar-refractivity contribution in [3.05, 3.63) is 47.0 Å². The number of nitrogens with zero attached hydrogens (tertiary/aromatic N) is 3. The summed E-state index contributed by atoms with van der Waals surface area (Å²) < 4.78 is 1.93. The second-order valence-electron chi connectivity index (χ2n) is 4.15. The van der Waals surface area contributed by atoms with E-state index in [2.05, 4.69) is 28.1 Å². The van der Waals surface area contributed by atoms with E-state index in [1.807, 2.05) is 16.9 Å². The molecule has 92 valence electrons. The van der Waals surface area contributed by atoms with Gasteiger partial charge in [0, 0.05) is 30.7 Å². The summed E-state index contributed by atoms with van der Waals surface area (Å²) in [5, 5.41) is 6.11. The SMILES string of the molecule is CCn1ncc(Cl)c1Cc1c[nH]c2ncccc12. The minimum atomic E-state index is 0.718. The first-order valence-corrected chi connectivity index (χ1v) is 6.28. The minimum Gasteiger partial charge on any atom is -0.346 e. The monoisotopic (exact) mass is 260 g/mol. The zero-order valence-corrected chi connectivity index (χ0v) is 10.8. The third kappa shape index (κ3) is 1.78. The van der Waals surface area contributed by atoms with E-state index in [9.17, 15) is 0 Å². The molecule has 0 bridgehead atoms. The molecule has 4 nitrogen and oxygen atoms in total. The summed E-state index contributed by atoms with van der Waals surface area (Å²) in [4.78, 5) is 7.46. The maximum atomic E-state index is 6.18. The van der Waals surface area contributed by atoms with Crippen LogP contribution in [0.1, 0.15) is 18.2 Å². The molecular formula is C13H13ClN4. The Bertz CT molecular complexity index is 683. The number of pyridine rings is 1. The summed E-state index contributed by atoms with van der Waals surface area (Å²) in [7, 11) is 0. The van der Waals surface area contributed by atoms with Crippen LogP contribution in [0.25, 0.3) is 11.0 Å². The summed E-state index contributed by atoms with van der Waals surface area (Å²) in [6, 6.07) is 4.01. The lowest BCUT2D eigenvalue weighted by Gasteiger charge is -2.04. The van der Waals surface area contributed by atoms with Crippen LogP contribution in [0.3, 0.4) is 0 Å². The van der Waals surface area contributed by atoms with E-state index < -0.39 is 0 Å². The van der Waals surface area contributed by atoms with Crippen LogP contribution >= 0.6 is 11.6 Å². The molecule has 0 aliphatic carbocycles. The van der Waals surface area contributed by atoms with Crippen LogP contribution in [-0.2, 0) is 13.0 Å². The number of fused-ring (bicyclic) bond motifs is 1. The minimum absolute atomic E-state index is 0.718. The number of nitrogens with one attached hydrogen (secondary N) is 1. The number of hydrogen-bond acceptors (Lipinski definition) is 2. The quantitative estimate of drug-likeness (QED) is 0.787. The van der Waals surface area contributed by atoms with E-state index >= 15 is 0 Å². The van der Waals surface area contributed by atoms with Gasteiger partial charge in [-0.3, -0.25) is 4.68 Å². The Balaban J connectivity index is 2.04. The summed E-state index contributed by atoms with van der Waals surface area (Å²) in [6.07, 6.45) is 6.23. The molecule has 0 saturated heterocycles.